The normalized spacial score (nSPS) is 11.4. The molecule has 48 heavy (non-hydrogen) atoms. The van der Waals surface area contributed by atoms with Gasteiger partial charge in [0.25, 0.3) is 0 Å². The highest BCUT2D eigenvalue weighted by Gasteiger charge is 2.06. The van der Waals surface area contributed by atoms with Crippen LogP contribution in [0.1, 0.15) is 232 Å². The molecular formula is C43H85NO4. The first-order chi connectivity index (χ1) is 23.6. The minimum atomic E-state index is -0.0368. The van der Waals surface area contributed by atoms with Crippen LogP contribution in [0.2, 0.25) is 0 Å². The minimum absolute atomic E-state index is 0.0171. The zero-order valence-electron chi connectivity index (χ0n) is 33.0. The number of carbonyl (C=O) groups excluding carboxylic acids is 2. The molecule has 0 aliphatic heterocycles. The molecule has 0 aliphatic rings. The average molecular weight is 680 g/mol. The van der Waals surface area contributed by atoms with Crippen LogP contribution in [-0.2, 0) is 19.1 Å². The molecule has 0 aromatic heterocycles. The molecular weight excluding hydrogens is 594 g/mol. The van der Waals surface area contributed by atoms with E-state index in [4.69, 9.17) is 9.47 Å². The predicted molar refractivity (Wildman–Crippen MR) is 208 cm³/mol. The summed E-state index contributed by atoms with van der Waals surface area (Å²) in [5.74, 6) is -0.0539. The van der Waals surface area contributed by atoms with Gasteiger partial charge in [-0.3, -0.25) is 9.59 Å². The van der Waals surface area contributed by atoms with Gasteiger partial charge in [-0.2, -0.15) is 0 Å². The molecule has 0 fully saturated rings. The Morgan fingerprint density at radius 1 is 0.354 bits per heavy atom. The second-order valence-corrected chi connectivity index (χ2v) is 14.9. The number of rotatable bonds is 40. The lowest BCUT2D eigenvalue weighted by molar-refractivity contribution is -0.144. The number of hydrogen-bond acceptors (Lipinski definition) is 5. The summed E-state index contributed by atoms with van der Waals surface area (Å²) in [6, 6.07) is 0. The van der Waals surface area contributed by atoms with Crippen molar-refractivity contribution in [3.63, 3.8) is 0 Å². The van der Waals surface area contributed by atoms with E-state index in [-0.39, 0.29) is 11.9 Å². The summed E-state index contributed by atoms with van der Waals surface area (Å²) in [5, 5.41) is 0. The monoisotopic (exact) mass is 680 g/mol. The van der Waals surface area contributed by atoms with E-state index in [0.29, 0.717) is 26.1 Å². The van der Waals surface area contributed by atoms with Crippen molar-refractivity contribution in [1.29, 1.82) is 0 Å². The summed E-state index contributed by atoms with van der Waals surface area (Å²) in [6.45, 7) is 7.75. The Morgan fingerprint density at radius 2 is 0.625 bits per heavy atom. The molecule has 0 spiro atoms. The van der Waals surface area contributed by atoms with E-state index >= 15 is 0 Å². The SMILES string of the molecule is CCCCCCCCCCCCCCCOC(=O)CCCCCCCN(C)CCCC(=O)OCCCCCCCCCCCCCCC. The van der Waals surface area contributed by atoms with Crippen molar-refractivity contribution in [3.8, 4) is 0 Å². The highest BCUT2D eigenvalue weighted by Crippen LogP contribution is 2.14. The van der Waals surface area contributed by atoms with Gasteiger partial charge in [-0.25, -0.2) is 0 Å². The van der Waals surface area contributed by atoms with Gasteiger partial charge in [-0.05, 0) is 52.2 Å². The lowest BCUT2D eigenvalue weighted by Gasteiger charge is -2.16. The standard InChI is InChI=1S/C43H85NO4/c1-4-6-8-10-12-14-16-18-20-22-24-29-33-40-47-42(45)36-31-27-26-28-32-38-44(3)39-35-37-43(46)48-41-34-30-25-23-21-19-17-15-13-11-9-7-5-2/h4-41H2,1-3H3. The average Bonchev–Trinajstić information content (AvgIpc) is 3.08. The summed E-state index contributed by atoms with van der Waals surface area (Å²) in [5.41, 5.74) is 0. The van der Waals surface area contributed by atoms with Crippen molar-refractivity contribution in [2.75, 3.05) is 33.4 Å². The first-order valence-electron chi connectivity index (χ1n) is 21.6. The van der Waals surface area contributed by atoms with E-state index in [0.717, 1.165) is 45.2 Å². The van der Waals surface area contributed by atoms with Crippen molar-refractivity contribution >= 4 is 11.9 Å². The van der Waals surface area contributed by atoms with Gasteiger partial charge in [0.15, 0.2) is 0 Å². The highest BCUT2D eigenvalue weighted by atomic mass is 16.5. The molecule has 0 N–H and O–H groups in total. The number of unbranched alkanes of at least 4 members (excludes halogenated alkanes) is 28. The third-order valence-corrected chi connectivity index (χ3v) is 9.86. The maximum absolute atomic E-state index is 12.1. The Morgan fingerprint density at radius 3 is 1.00 bits per heavy atom. The summed E-state index contributed by atoms with van der Waals surface area (Å²) < 4.78 is 10.9. The summed E-state index contributed by atoms with van der Waals surface area (Å²) >= 11 is 0. The molecule has 0 saturated heterocycles. The predicted octanol–water partition coefficient (Wildman–Crippen LogP) is 13.3. The first-order valence-corrected chi connectivity index (χ1v) is 21.6. The highest BCUT2D eigenvalue weighted by molar-refractivity contribution is 5.69. The lowest BCUT2D eigenvalue weighted by Crippen LogP contribution is -2.21. The molecule has 5 nitrogen and oxygen atoms in total. The van der Waals surface area contributed by atoms with Crippen molar-refractivity contribution < 1.29 is 19.1 Å². The number of ether oxygens (including phenoxy) is 2. The molecule has 286 valence electrons. The number of carbonyl (C=O) groups is 2. The Balaban J connectivity index is 3.33. The molecule has 0 bridgehead atoms. The van der Waals surface area contributed by atoms with Gasteiger partial charge in [0.05, 0.1) is 13.2 Å². The quantitative estimate of drug-likeness (QED) is 0.0476. The fourth-order valence-electron chi connectivity index (χ4n) is 6.54. The van der Waals surface area contributed by atoms with Gasteiger partial charge in [-0.1, -0.05) is 187 Å². The molecule has 0 aromatic carbocycles. The third kappa shape index (κ3) is 39.3. The van der Waals surface area contributed by atoms with Gasteiger partial charge >= 0.3 is 11.9 Å². The Hall–Kier alpha value is -1.10. The van der Waals surface area contributed by atoms with Crippen LogP contribution in [0.5, 0.6) is 0 Å². The van der Waals surface area contributed by atoms with E-state index in [1.807, 2.05) is 0 Å². The molecule has 0 aromatic rings. The van der Waals surface area contributed by atoms with Crippen molar-refractivity contribution in [2.24, 2.45) is 0 Å². The molecule has 5 heteroatoms. The number of hydrogen-bond donors (Lipinski definition) is 0. The Bertz CT molecular complexity index is 655. The van der Waals surface area contributed by atoms with Crippen LogP contribution in [0.15, 0.2) is 0 Å². The van der Waals surface area contributed by atoms with Crippen molar-refractivity contribution in [3.05, 3.63) is 0 Å². The molecule has 0 rings (SSSR count). The van der Waals surface area contributed by atoms with E-state index < -0.39 is 0 Å². The zero-order valence-corrected chi connectivity index (χ0v) is 33.0. The van der Waals surface area contributed by atoms with E-state index in [1.165, 1.54) is 173 Å². The topological polar surface area (TPSA) is 55.8 Å². The minimum Gasteiger partial charge on any atom is -0.466 e. The maximum atomic E-state index is 12.1. The Labute approximate surface area is 300 Å². The number of esters is 2. The maximum Gasteiger partial charge on any atom is 0.305 e. The van der Waals surface area contributed by atoms with Crippen LogP contribution in [0.25, 0.3) is 0 Å². The molecule has 0 amide bonds. The fourth-order valence-corrected chi connectivity index (χ4v) is 6.54. The third-order valence-electron chi connectivity index (χ3n) is 9.86. The van der Waals surface area contributed by atoms with Crippen LogP contribution in [-0.4, -0.2) is 50.2 Å². The second kappa shape index (κ2) is 40.3. The second-order valence-electron chi connectivity index (χ2n) is 14.9. The van der Waals surface area contributed by atoms with Crippen molar-refractivity contribution in [1.82, 2.24) is 4.90 Å². The van der Waals surface area contributed by atoms with Crippen LogP contribution in [0.3, 0.4) is 0 Å². The zero-order chi connectivity index (χ0) is 35.0. The largest absolute Gasteiger partial charge is 0.466 e. The lowest BCUT2D eigenvalue weighted by atomic mass is 10.0. The molecule has 0 atom stereocenters. The van der Waals surface area contributed by atoms with Gasteiger partial charge in [0.2, 0.25) is 0 Å². The number of nitrogens with zero attached hydrogens (tertiary/aromatic N) is 1. The molecule has 0 aliphatic carbocycles. The van der Waals surface area contributed by atoms with Gasteiger partial charge in [-0.15, -0.1) is 0 Å². The first kappa shape index (κ1) is 46.9. The van der Waals surface area contributed by atoms with Crippen molar-refractivity contribution in [2.45, 2.75) is 232 Å². The van der Waals surface area contributed by atoms with E-state index in [2.05, 4.69) is 25.8 Å². The van der Waals surface area contributed by atoms with Crippen LogP contribution in [0.4, 0.5) is 0 Å². The van der Waals surface area contributed by atoms with Crippen LogP contribution >= 0.6 is 0 Å². The fraction of sp³-hybridized carbons (Fsp3) is 0.953. The molecule has 0 radical (unpaired) electrons. The van der Waals surface area contributed by atoms with Crippen LogP contribution in [0, 0.1) is 0 Å². The summed E-state index contributed by atoms with van der Waals surface area (Å²) in [7, 11) is 2.15. The van der Waals surface area contributed by atoms with E-state index in [9.17, 15) is 9.59 Å². The van der Waals surface area contributed by atoms with E-state index in [1.54, 1.807) is 0 Å². The summed E-state index contributed by atoms with van der Waals surface area (Å²) in [4.78, 5) is 26.4. The van der Waals surface area contributed by atoms with Gasteiger partial charge in [0.1, 0.15) is 0 Å². The Kier molecular flexibility index (Phi) is 39.4. The van der Waals surface area contributed by atoms with Crippen LogP contribution < -0.4 is 0 Å². The molecule has 0 heterocycles. The van der Waals surface area contributed by atoms with Gasteiger partial charge in [0, 0.05) is 12.8 Å². The van der Waals surface area contributed by atoms with Gasteiger partial charge < -0.3 is 14.4 Å². The smallest absolute Gasteiger partial charge is 0.305 e. The molecule has 0 saturated carbocycles. The molecule has 0 unspecified atom stereocenters. The summed E-state index contributed by atoms with van der Waals surface area (Å²) in [6.07, 6.45) is 42.2.